The zero-order chi connectivity index (χ0) is 15.0. The van der Waals surface area contributed by atoms with Gasteiger partial charge in [0.15, 0.2) is 5.78 Å². The first-order chi connectivity index (χ1) is 10.1. The van der Waals surface area contributed by atoms with Gasteiger partial charge in [-0.3, -0.25) is 9.59 Å². The molecule has 1 aliphatic heterocycles. The first-order valence-electron chi connectivity index (χ1n) is 6.70. The number of esters is 1. The van der Waals surface area contributed by atoms with Gasteiger partial charge in [0.05, 0.1) is 12.0 Å². The molecular weight excluding hydrogens is 268 g/mol. The minimum Gasteiger partial charge on any atom is -0.507 e. The molecule has 4 heteroatoms. The van der Waals surface area contributed by atoms with Crippen LogP contribution in [0.5, 0.6) is 11.5 Å². The molecule has 2 aromatic carbocycles. The fraction of sp³-hybridized carbons (Fsp3) is 0.176. The molecule has 0 fully saturated rings. The fourth-order valence-electron chi connectivity index (χ4n) is 2.70. The molecule has 1 atom stereocenters. The average Bonchev–Trinajstić information content (AvgIpc) is 2.47. The number of benzene rings is 2. The Labute approximate surface area is 122 Å². The number of fused-ring (bicyclic) bond motifs is 1. The van der Waals surface area contributed by atoms with E-state index in [2.05, 4.69) is 0 Å². The standard InChI is InChI=1S/C17H14O4/c1-10(18)12-7-8-14-16(17(12)20)13(9-15(19)21-14)11-5-3-2-4-6-11/h2-8,13,20H,9H2,1H3/t13-/m1/s1. The second-order valence-corrected chi connectivity index (χ2v) is 5.07. The van der Waals surface area contributed by atoms with Crippen LogP contribution in [-0.2, 0) is 4.79 Å². The van der Waals surface area contributed by atoms with Gasteiger partial charge in [-0.25, -0.2) is 0 Å². The van der Waals surface area contributed by atoms with Crippen LogP contribution in [0.15, 0.2) is 42.5 Å². The van der Waals surface area contributed by atoms with Gasteiger partial charge in [0, 0.05) is 11.5 Å². The van der Waals surface area contributed by atoms with Gasteiger partial charge >= 0.3 is 5.97 Å². The largest absolute Gasteiger partial charge is 0.507 e. The van der Waals surface area contributed by atoms with Crippen LogP contribution in [0.3, 0.4) is 0 Å². The van der Waals surface area contributed by atoms with Crippen molar-refractivity contribution in [3.8, 4) is 11.5 Å². The van der Waals surface area contributed by atoms with Crippen molar-refractivity contribution in [2.75, 3.05) is 0 Å². The summed E-state index contributed by atoms with van der Waals surface area (Å²) in [5.74, 6) is -0.643. The number of rotatable bonds is 2. The van der Waals surface area contributed by atoms with E-state index >= 15 is 0 Å². The molecule has 0 unspecified atom stereocenters. The number of Topliss-reactive ketones (excluding diaryl/α,β-unsaturated/α-hetero) is 1. The summed E-state index contributed by atoms with van der Waals surface area (Å²) >= 11 is 0. The topological polar surface area (TPSA) is 63.6 Å². The van der Waals surface area contributed by atoms with Gasteiger partial charge in [-0.05, 0) is 24.6 Å². The molecule has 3 rings (SSSR count). The molecule has 0 bridgehead atoms. The van der Waals surface area contributed by atoms with Crippen molar-refractivity contribution in [3.05, 3.63) is 59.2 Å². The molecule has 0 amide bonds. The van der Waals surface area contributed by atoms with E-state index in [1.165, 1.54) is 13.0 Å². The van der Waals surface area contributed by atoms with Gasteiger partial charge < -0.3 is 9.84 Å². The van der Waals surface area contributed by atoms with Gasteiger partial charge in [0.25, 0.3) is 0 Å². The molecule has 1 N–H and O–H groups in total. The lowest BCUT2D eigenvalue weighted by Crippen LogP contribution is -2.21. The smallest absolute Gasteiger partial charge is 0.312 e. The molecule has 1 aliphatic rings. The Morgan fingerprint density at radius 2 is 1.90 bits per heavy atom. The summed E-state index contributed by atoms with van der Waals surface area (Å²) in [5, 5.41) is 10.4. The SMILES string of the molecule is CC(=O)c1ccc2c(c1O)[C@@H](c1ccccc1)CC(=O)O2. The first kappa shape index (κ1) is 13.4. The summed E-state index contributed by atoms with van der Waals surface area (Å²) < 4.78 is 5.19. The Hall–Kier alpha value is -2.62. The van der Waals surface area contributed by atoms with Crippen molar-refractivity contribution in [1.29, 1.82) is 0 Å². The third-order valence-electron chi connectivity index (χ3n) is 3.70. The van der Waals surface area contributed by atoms with Gasteiger partial charge in [0.1, 0.15) is 11.5 Å². The fourth-order valence-corrected chi connectivity index (χ4v) is 2.70. The van der Waals surface area contributed by atoms with E-state index in [1.807, 2.05) is 30.3 Å². The molecule has 0 saturated heterocycles. The second kappa shape index (κ2) is 5.05. The zero-order valence-electron chi connectivity index (χ0n) is 11.5. The van der Waals surface area contributed by atoms with Gasteiger partial charge in [-0.2, -0.15) is 0 Å². The summed E-state index contributed by atoms with van der Waals surface area (Å²) in [6.07, 6.45) is 0.145. The van der Waals surface area contributed by atoms with E-state index in [4.69, 9.17) is 4.74 Å². The van der Waals surface area contributed by atoms with Crippen LogP contribution in [0.25, 0.3) is 0 Å². The summed E-state index contributed by atoms with van der Waals surface area (Å²) in [6, 6.07) is 12.5. The zero-order valence-corrected chi connectivity index (χ0v) is 11.5. The lowest BCUT2D eigenvalue weighted by molar-refractivity contribution is -0.135. The summed E-state index contributed by atoms with van der Waals surface area (Å²) in [4.78, 5) is 23.4. The second-order valence-electron chi connectivity index (χ2n) is 5.07. The third-order valence-corrected chi connectivity index (χ3v) is 3.70. The van der Waals surface area contributed by atoms with Crippen LogP contribution < -0.4 is 4.74 Å². The Bertz CT molecular complexity index is 719. The maximum absolute atomic E-state index is 11.8. The Balaban J connectivity index is 2.20. The molecule has 0 spiro atoms. The van der Waals surface area contributed by atoms with Crippen LogP contribution in [0.1, 0.15) is 40.7 Å². The molecule has 4 nitrogen and oxygen atoms in total. The number of hydrogen-bond acceptors (Lipinski definition) is 4. The van der Waals surface area contributed by atoms with Crippen LogP contribution in [0, 0.1) is 0 Å². The number of carbonyl (C=O) groups excluding carboxylic acids is 2. The van der Waals surface area contributed by atoms with Crippen molar-refractivity contribution in [3.63, 3.8) is 0 Å². The molecule has 2 aromatic rings. The minimum absolute atomic E-state index is 0.0960. The highest BCUT2D eigenvalue weighted by atomic mass is 16.5. The summed E-state index contributed by atoms with van der Waals surface area (Å²) in [7, 11) is 0. The van der Waals surface area contributed by atoms with Crippen LogP contribution in [-0.4, -0.2) is 16.9 Å². The Morgan fingerprint density at radius 1 is 1.19 bits per heavy atom. The number of ketones is 1. The van der Waals surface area contributed by atoms with E-state index < -0.39 is 0 Å². The molecule has 106 valence electrons. The lowest BCUT2D eigenvalue weighted by atomic mass is 9.84. The quantitative estimate of drug-likeness (QED) is 0.522. The summed E-state index contributed by atoms with van der Waals surface area (Å²) in [6.45, 7) is 1.40. The van der Waals surface area contributed by atoms with Crippen molar-refractivity contribution < 1.29 is 19.4 Å². The molecule has 1 heterocycles. The van der Waals surface area contributed by atoms with Gasteiger partial charge in [-0.15, -0.1) is 0 Å². The van der Waals surface area contributed by atoms with Crippen LogP contribution >= 0.6 is 0 Å². The highest BCUT2D eigenvalue weighted by Crippen LogP contribution is 2.45. The molecule has 0 aliphatic carbocycles. The first-order valence-corrected chi connectivity index (χ1v) is 6.70. The normalized spacial score (nSPS) is 17.0. The molecule has 0 radical (unpaired) electrons. The van der Waals surface area contributed by atoms with E-state index in [-0.39, 0.29) is 35.4 Å². The van der Waals surface area contributed by atoms with Gasteiger partial charge in [-0.1, -0.05) is 30.3 Å². The number of carbonyl (C=O) groups is 2. The summed E-state index contributed by atoms with van der Waals surface area (Å²) in [5.41, 5.74) is 1.66. The van der Waals surface area contributed by atoms with E-state index in [0.29, 0.717) is 11.3 Å². The van der Waals surface area contributed by atoms with Crippen LogP contribution in [0.2, 0.25) is 0 Å². The maximum atomic E-state index is 11.8. The number of phenols is 1. The predicted molar refractivity (Wildman–Crippen MR) is 76.6 cm³/mol. The van der Waals surface area contributed by atoms with Gasteiger partial charge in [0.2, 0.25) is 0 Å². The third kappa shape index (κ3) is 2.29. The van der Waals surface area contributed by atoms with Crippen molar-refractivity contribution >= 4 is 11.8 Å². The monoisotopic (exact) mass is 282 g/mol. The van der Waals surface area contributed by atoms with Crippen LogP contribution in [0.4, 0.5) is 0 Å². The lowest BCUT2D eigenvalue weighted by Gasteiger charge is -2.26. The van der Waals surface area contributed by atoms with E-state index in [9.17, 15) is 14.7 Å². The average molecular weight is 282 g/mol. The highest BCUT2D eigenvalue weighted by Gasteiger charge is 2.32. The van der Waals surface area contributed by atoms with Crippen molar-refractivity contribution in [1.82, 2.24) is 0 Å². The maximum Gasteiger partial charge on any atom is 0.312 e. The molecule has 0 aromatic heterocycles. The van der Waals surface area contributed by atoms with Crippen molar-refractivity contribution in [2.45, 2.75) is 19.3 Å². The molecule has 0 saturated carbocycles. The van der Waals surface area contributed by atoms with E-state index in [1.54, 1.807) is 6.07 Å². The molecular formula is C17H14O4. The van der Waals surface area contributed by atoms with E-state index in [0.717, 1.165) is 5.56 Å². The number of phenolic OH excluding ortho intramolecular Hbond substituents is 1. The molecule has 21 heavy (non-hydrogen) atoms. The highest BCUT2D eigenvalue weighted by molar-refractivity contribution is 5.98. The number of ether oxygens (including phenoxy) is 1. The Kier molecular flexibility index (Phi) is 3.22. The minimum atomic E-state index is -0.341. The number of aromatic hydroxyl groups is 1. The van der Waals surface area contributed by atoms with Crippen molar-refractivity contribution in [2.24, 2.45) is 0 Å². The number of hydrogen-bond donors (Lipinski definition) is 1. The Morgan fingerprint density at radius 3 is 2.57 bits per heavy atom. The predicted octanol–water partition coefficient (Wildman–Crippen LogP) is 3.04.